The molecule has 0 radical (unpaired) electrons. The molecule has 1 atom stereocenters. The summed E-state index contributed by atoms with van der Waals surface area (Å²) in [6.07, 6.45) is 2.42. The third-order valence-electron chi connectivity index (χ3n) is 3.35. The normalized spacial score (nSPS) is 17.2. The molecule has 0 amide bonds. The van der Waals surface area contributed by atoms with Crippen molar-refractivity contribution in [1.29, 1.82) is 0 Å². The molecule has 104 valence electrons. The van der Waals surface area contributed by atoms with E-state index >= 15 is 0 Å². The van der Waals surface area contributed by atoms with Gasteiger partial charge in [-0.05, 0) is 57.1 Å². The topological polar surface area (TPSA) is 38.8 Å². The Morgan fingerprint density at radius 2 is 1.89 bits per heavy atom. The van der Waals surface area contributed by atoms with E-state index in [1.165, 1.54) is 12.8 Å². The Labute approximate surface area is 114 Å². The first-order valence-electron chi connectivity index (χ1n) is 6.76. The van der Waals surface area contributed by atoms with Gasteiger partial charge in [-0.2, -0.15) is 0 Å². The van der Waals surface area contributed by atoms with Crippen molar-refractivity contribution in [1.82, 2.24) is 4.90 Å². The number of esters is 1. The van der Waals surface area contributed by atoms with Gasteiger partial charge < -0.3 is 9.47 Å². The summed E-state index contributed by atoms with van der Waals surface area (Å²) in [5.41, 5.74) is 0.564. The summed E-state index contributed by atoms with van der Waals surface area (Å²) in [6, 6.07) is 6.98. The lowest BCUT2D eigenvalue weighted by Crippen LogP contribution is -2.31. The van der Waals surface area contributed by atoms with Crippen LogP contribution in [0.5, 0.6) is 5.75 Å². The third kappa shape index (κ3) is 3.96. The van der Waals surface area contributed by atoms with E-state index in [2.05, 4.69) is 4.90 Å². The number of hydrogen-bond acceptors (Lipinski definition) is 4. The van der Waals surface area contributed by atoms with E-state index in [1.807, 2.05) is 6.92 Å². The van der Waals surface area contributed by atoms with Crippen LogP contribution in [0.1, 0.15) is 30.1 Å². The zero-order valence-electron chi connectivity index (χ0n) is 11.6. The first-order chi connectivity index (χ1) is 9.19. The van der Waals surface area contributed by atoms with Gasteiger partial charge in [0, 0.05) is 6.54 Å². The van der Waals surface area contributed by atoms with Gasteiger partial charge in [0.2, 0.25) is 0 Å². The molecular weight excluding hydrogens is 242 g/mol. The highest BCUT2D eigenvalue weighted by Crippen LogP contribution is 2.14. The predicted molar refractivity (Wildman–Crippen MR) is 73.5 cm³/mol. The zero-order chi connectivity index (χ0) is 13.7. The first-order valence-corrected chi connectivity index (χ1v) is 6.76. The fourth-order valence-electron chi connectivity index (χ4n) is 2.34. The second-order valence-electron chi connectivity index (χ2n) is 4.95. The second kappa shape index (κ2) is 6.57. The van der Waals surface area contributed by atoms with Crippen LogP contribution in [-0.2, 0) is 4.74 Å². The minimum atomic E-state index is -0.269. The van der Waals surface area contributed by atoms with E-state index in [4.69, 9.17) is 9.47 Å². The minimum Gasteiger partial charge on any atom is -0.497 e. The average molecular weight is 263 g/mol. The summed E-state index contributed by atoms with van der Waals surface area (Å²) in [5.74, 6) is 0.469. The molecule has 0 N–H and O–H groups in total. The molecule has 0 aromatic heterocycles. The van der Waals surface area contributed by atoms with Gasteiger partial charge in [-0.25, -0.2) is 4.79 Å². The van der Waals surface area contributed by atoms with Crippen LogP contribution in [0.3, 0.4) is 0 Å². The molecule has 0 spiro atoms. The highest BCUT2D eigenvalue weighted by atomic mass is 16.5. The Morgan fingerprint density at radius 3 is 2.47 bits per heavy atom. The van der Waals surface area contributed by atoms with E-state index in [-0.39, 0.29) is 12.1 Å². The highest BCUT2D eigenvalue weighted by molar-refractivity contribution is 5.89. The van der Waals surface area contributed by atoms with Crippen LogP contribution in [0.4, 0.5) is 0 Å². The lowest BCUT2D eigenvalue weighted by molar-refractivity contribution is 0.0271. The van der Waals surface area contributed by atoms with E-state index in [0.717, 1.165) is 25.4 Å². The maximum Gasteiger partial charge on any atom is 0.338 e. The highest BCUT2D eigenvalue weighted by Gasteiger charge is 2.18. The summed E-state index contributed by atoms with van der Waals surface area (Å²) >= 11 is 0. The molecule has 4 nitrogen and oxygen atoms in total. The lowest BCUT2D eigenvalue weighted by Gasteiger charge is -2.20. The molecular formula is C15H21NO3. The maximum absolute atomic E-state index is 11.9. The number of ether oxygens (including phenoxy) is 2. The van der Waals surface area contributed by atoms with Crippen LogP contribution >= 0.6 is 0 Å². The molecule has 1 heterocycles. The number of benzene rings is 1. The quantitative estimate of drug-likeness (QED) is 0.764. The molecule has 4 heteroatoms. The van der Waals surface area contributed by atoms with Gasteiger partial charge in [0.1, 0.15) is 11.9 Å². The fourth-order valence-corrected chi connectivity index (χ4v) is 2.34. The van der Waals surface area contributed by atoms with Crippen LogP contribution in [0.2, 0.25) is 0 Å². The van der Waals surface area contributed by atoms with E-state index in [1.54, 1.807) is 31.4 Å². The van der Waals surface area contributed by atoms with Crippen molar-refractivity contribution in [3.63, 3.8) is 0 Å². The van der Waals surface area contributed by atoms with Gasteiger partial charge in [0.25, 0.3) is 0 Å². The molecule has 1 aromatic rings. The zero-order valence-corrected chi connectivity index (χ0v) is 11.6. The number of rotatable bonds is 5. The van der Waals surface area contributed by atoms with Crippen LogP contribution in [0, 0.1) is 0 Å². The summed E-state index contributed by atoms with van der Waals surface area (Å²) in [4.78, 5) is 14.3. The van der Waals surface area contributed by atoms with Crippen LogP contribution in [-0.4, -0.2) is 43.7 Å². The van der Waals surface area contributed by atoms with Gasteiger partial charge in [-0.15, -0.1) is 0 Å². The number of methoxy groups -OCH3 is 1. The van der Waals surface area contributed by atoms with Crippen molar-refractivity contribution in [2.45, 2.75) is 25.9 Å². The molecule has 0 bridgehead atoms. The maximum atomic E-state index is 11.9. The lowest BCUT2D eigenvalue weighted by atomic mass is 10.2. The molecule has 0 aliphatic carbocycles. The van der Waals surface area contributed by atoms with E-state index in [0.29, 0.717) is 5.56 Å². The summed E-state index contributed by atoms with van der Waals surface area (Å²) in [7, 11) is 1.60. The van der Waals surface area contributed by atoms with Crippen molar-refractivity contribution in [3.05, 3.63) is 29.8 Å². The second-order valence-corrected chi connectivity index (χ2v) is 4.95. The standard InChI is InChI=1S/C15H21NO3/c1-12(11-16-9-3-4-10-16)19-15(17)13-5-7-14(18-2)8-6-13/h5-8,12H,3-4,9-11H2,1-2H3/t12-/m1/s1. The molecule has 1 fully saturated rings. The third-order valence-corrected chi connectivity index (χ3v) is 3.35. The molecule has 1 saturated heterocycles. The SMILES string of the molecule is COc1ccc(C(=O)O[C@H](C)CN2CCCC2)cc1. The molecule has 1 aliphatic rings. The van der Waals surface area contributed by atoms with Gasteiger partial charge in [0.15, 0.2) is 0 Å². The summed E-state index contributed by atoms with van der Waals surface area (Å²) < 4.78 is 10.5. The van der Waals surface area contributed by atoms with E-state index < -0.39 is 0 Å². The fraction of sp³-hybridized carbons (Fsp3) is 0.533. The summed E-state index contributed by atoms with van der Waals surface area (Å²) in [5, 5.41) is 0. The number of nitrogens with zero attached hydrogens (tertiary/aromatic N) is 1. The monoisotopic (exact) mass is 263 g/mol. The average Bonchev–Trinajstić information content (AvgIpc) is 2.91. The molecule has 2 rings (SSSR count). The molecule has 1 aromatic carbocycles. The van der Waals surface area contributed by atoms with Crippen molar-refractivity contribution >= 4 is 5.97 Å². The first kappa shape index (κ1) is 13.9. The Kier molecular flexibility index (Phi) is 4.80. The van der Waals surface area contributed by atoms with Crippen molar-refractivity contribution < 1.29 is 14.3 Å². The predicted octanol–water partition coefficient (Wildman–Crippen LogP) is 2.34. The number of carbonyl (C=O) groups is 1. The van der Waals surface area contributed by atoms with Crippen molar-refractivity contribution in [2.75, 3.05) is 26.7 Å². The van der Waals surface area contributed by atoms with Crippen LogP contribution in [0.25, 0.3) is 0 Å². The van der Waals surface area contributed by atoms with Crippen LogP contribution in [0.15, 0.2) is 24.3 Å². The molecule has 19 heavy (non-hydrogen) atoms. The Balaban J connectivity index is 1.84. The Bertz CT molecular complexity index is 410. The molecule has 0 saturated carbocycles. The van der Waals surface area contributed by atoms with E-state index in [9.17, 15) is 4.79 Å². The van der Waals surface area contributed by atoms with Gasteiger partial charge in [-0.1, -0.05) is 0 Å². The van der Waals surface area contributed by atoms with Crippen LogP contribution < -0.4 is 4.74 Å². The smallest absolute Gasteiger partial charge is 0.338 e. The minimum absolute atomic E-state index is 0.0762. The Morgan fingerprint density at radius 1 is 1.26 bits per heavy atom. The van der Waals surface area contributed by atoms with Crippen molar-refractivity contribution in [3.8, 4) is 5.75 Å². The number of hydrogen-bond donors (Lipinski definition) is 0. The molecule has 0 unspecified atom stereocenters. The largest absolute Gasteiger partial charge is 0.497 e. The molecule has 1 aliphatic heterocycles. The van der Waals surface area contributed by atoms with Gasteiger partial charge in [-0.3, -0.25) is 4.90 Å². The number of carbonyl (C=O) groups excluding carboxylic acids is 1. The summed E-state index contributed by atoms with van der Waals surface area (Å²) in [6.45, 7) is 5.00. The Hall–Kier alpha value is -1.55. The number of likely N-dealkylation sites (tertiary alicyclic amines) is 1. The van der Waals surface area contributed by atoms with Gasteiger partial charge in [0.05, 0.1) is 12.7 Å². The van der Waals surface area contributed by atoms with Crippen molar-refractivity contribution in [2.24, 2.45) is 0 Å². The van der Waals surface area contributed by atoms with Gasteiger partial charge >= 0.3 is 5.97 Å².